The Bertz CT molecular complexity index is 266. The molecule has 0 aliphatic heterocycles. The maximum atomic E-state index is 6.90. The van der Waals surface area contributed by atoms with Crippen LogP contribution in [-0.4, -0.2) is 0 Å². The Kier molecular flexibility index (Phi) is 6.52. The molecule has 0 aromatic heterocycles. The maximum Gasteiger partial charge on any atom is 1.00 e. The summed E-state index contributed by atoms with van der Waals surface area (Å²) in [4.78, 5) is 0. The van der Waals surface area contributed by atoms with Crippen molar-refractivity contribution in [1.82, 2.24) is 0 Å². The van der Waals surface area contributed by atoms with Gasteiger partial charge in [-0.3, -0.25) is 5.92 Å². The topological polar surface area (TPSA) is 0 Å². The Morgan fingerprint density at radius 2 is 1.85 bits per heavy atom. The fourth-order valence-electron chi connectivity index (χ4n) is 1.14. The monoisotopic (exact) mass is 164 g/mol. The van der Waals surface area contributed by atoms with E-state index in [9.17, 15) is 0 Å². The Morgan fingerprint density at radius 3 is 2.31 bits per heavy atom. The van der Waals surface area contributed by atoms with Gasteiger partial charge < -0.3 is 6.42 Å². The third-order valence-corrected chi connectivity index (χ3v) is 1.92. The molecule has 0 aliphatic carbocycles. The number of hydrogen-bond acceptors (Lipinski definition) is 0. The summed E-state index contributed by atoms with van der Waals surface area (Å²) < 4.78 is 0. The van der Waals surface area contributed by atoms with Crippen LogP contribution in [-0.2, 0) is 6.42 Å². The third kappa shape index (κ3) is 4.23. The molecule has 62 valence electrons. The van der Waals surface area contributed by atoms with Crippen molar-refractivity contribution in [2.45, 2.75) is 26.2 Å². The fraction of sp³-hybridized carbons (Fsp3) is 0.333. The summed E-state index contributed by atoms with van der Waals surface area (Å²) in [7, 11) is 0. The van der Waals surface area contributed by atoms with Crippen molar-refractivity contribution in [3.63, 3.8) is 0 Å². The van der Waals surface area contributed by atoms with Crippen molar-refractivity contribution in [3.05, 3.63) is 41.8 Å². The van der Waals surface area contributed by atoms with E-state index in [1.54, 1.807) is 0 Å². The molecule has 0 fully saturated rings. The standard InChI is InChI=1S/C12H13.Li/c1-3-5-6-12-9-7-11(4-2)8-10-12;/h7-10H,3,5-6H2,1H3;/q-1;+1. The van der Waals surface area contributed by atoms with Gasteiger partial charge in [0, 0.05) is 0 Å². The van der Waals surface area contributed by atoms with E-state index in [-0.39, 0.29) is 18.9 Å². The van der Waals surface area contributed by atoms with Gasteiger partial charge in [-0.05, 0) is 12.8 Å². The van der Waals surface area contributed by atoms with Crippen LogP contribution in [0.4, 0.5) is 0 Å². The van der Waals surface area contributed by atoms with Crippen molar-refractivity contribution in [1.29, 1.82) is 0 Å². The molecule has 0 nitrogen and oxygen atoms in total. The van der Waals surface area contributed by atoms with Crippen molar-refractivity contribution >= 4 is 0 Å². The molecule has 0 aliphatic rings. The quantitative estimate of drug-likeness (QED) is 0.334. The molecular formula is C12H13Li. The summed E-state index contributed by atoms with van der Waals surface area (Å²) in [6.07, 6.45) is 10.5. The summed E-state index contributed by atoms with van der Waals surface area (Å²) in [5, 5.41) is 0. The van der Waals surface area contributed by atoms with Crippen LogP contribution in [0.25, 0.3) is 0 Å². The Labute approximate surface area is 92.9 Å². The molecule has 0 saturated heterocycles. The van der Waals surface area contributed by atoms with Crippen LogP contribution in [0.1, 0.15) is 30.9 Å². The predicted molar refractivity (Wildman–Crippen MR) is 51.3 cm³/mol. The first-order valence-corrected chi connectivity index (χ1v) is 4.38. The molecule has 0 N–H and O–H groups in total. The van der Waals surface area contributed by atoms with E-state index in [1.807, 2.05) is 12.1 Å². The third-order valence-electron chi connectivity index (χ3n) is 1.92. The van der Waals surface area contributed by atoms with Crippen LogP contribution >= 0.6 is 0 Å². The Hall–Kier alpha value is -0.623. The number of rotatable bonds is 3. The van der Waals surface area contributed by atoms with Gasteiger partial charge in [0.25, 0.3) is 0 Å². The molecular weight excluding hydrogens is 151 g/mol. The summed E-state index contributed by atoms with van der Waals surface area (Å²) >= 11 is 0. The number of aryl methyl sites for hydroxylation is 1. The molecule has 0 saturated carbocycles. The van der Waals surface area contributed by atoms with E-state index < -0.39 is 0 Å². The van der Waals surface area contributed by atoms with Crippen LogP contribution in [0.3, 0.4) is 0 Å². The molecule has 0 amide bonds. The van der Waals surface area contributed by atoms with Crippen molar-refractivity contribution < 1.29 is 18.9 Å². The SMILES string of the molecule is [C-]#Cc1ccc(CCCC)cc1.[Li+]. The molecule has 0 radical (unpaired) electrons. The van der Waals surface area contributed by atoms with Crippen molar-refractivity contribution in [3.8, 4) is 5.92 Å². The van der Waals surface area contributed by atoms with Crippen molar-refractivity contribution in [2.75, 3.05) is 0 Å². The second kappa shape index (κ2) is 6.85. The zero-order chi connectivity index (χ0) is 8.81. The summed E-state index contributed by atoms with van der Waals surface area (Å²) in [5.41, 5.74) is 2.21. The van der Waals surface area contributed by atoms with Crippen molar-refractivity contribution in [2.24, 2.45) is 0 Å². The minimum absolute atomic E-state index is 0. The number of unbranched alkanes of at least 4 members (excludes halogenated alkanes) is 1. The van der Waals surface area contributed by atoms with E-state index in [0.717, 1.165) is 12.0 Å². The molecule has 1 rings (SSSR count). The molecule has 0 unspecified atom stereocenters. The van der Waals surface area contributed by atoms with E-state index >= 15 is 0 Å². The van der Waals surface area contributed by atoms with E-state index in [4.69, 9.17) is 6.42 Å². The number of hydrogen-bond donors (Lipinski definition) is 0. The van der Waals surface area contributed by atoms with Gasteiger partial charge in [0.05, 0.1) is 0 Å². The molecule has 0 spiro atoms. The van der Waals surface area contributed by atoms with E-state index in [1.165, 1.54) is 18.4 Å². The predicted octanol–water partition coefficient (Wildman–Crippen LogP) is -0.0289. The molecule has 1 aromatic rings. The van der Waals surface area contributed by atoms with Gasteiger partial charge in [-0.1, -0.05) is 31.0 Å². The zero-order valence-corrected chi connectivity index (χ0v) is 8.43. The largest absolute Gasteiger partial charge is 1.00 e. The van der Waals surface area contributed by atoms with Gasteiger partial charge in [0.15, 0.2) is 0 Å². The van der Waals surface area contributed by atoms with Gasteiger partial charge >= 0.3 is 18.9 Å². The first-order chi connectivity index (χ1) is 5.86. The van der Waals surface area contributed by atoms with Crippen LogP contribution in [0.5, 0.6) is 0 Å². The van der Waals surface area contributed by atoms with E-state index in [2.05, 4.69) is 25.0 Å². The summed E-state index contributed by atoms with van der Waals surface area (Å²) in [6, 6.07) is 8.04. The molecule has 0 bridgehead atoms. The van der Waals surface area contributed by atoms with E-state index in [0.29, 0.717) is 0 Å². The van der Waals surface area contributed by atoms with Gasteiger partial charge in [-0.25, -0.2) is 0 Å². The molecule has 13 heavy (non-hydrogen) atoms. The zero-order valence-electron chi connectivity index (χ0n) is 8.43. The van der Waals surface area contributed by atoms with Gasteiger partial charge in [-0.2, -0.15) is 0 Å². The minimum Gasteiger partial charge on any atom is -0.366 e. The van der Waals surface area contributed by atoms with Gasteiger partial charge in [0.1, 0.15) is 0 Å². The first kappa shape index (κ1) is 12.4. The van der Waals surface area contributed by atoms with Crippen LogP contribution < -0.4 is 18.9 Å². The smallest absolute Gasteiger partial charge is 0.366 e. The molecule has 0 heterocycles. The van der Waals surface area contributed by atoms with Crippen LogP contribution in [0.2, 0.25) is 0 Å². The molecule has 1 heteroatoms. The second-order valence-electron chi connectivity index (χ2n) is 2.93. The van der Waals surface area contributed by atoms with Gasteiger partial charge in [-0.15, -0.1) is 17.7 Å². The normalized spacial score (nSPS) is 8.62. The Balaban J connectivity index is 0.00000144. The average molecular weight is 164 g/mol. The average Bonchev–Trinajstić information content (AvgIpc) is 2.15. The number of benzene rings is 1. The molecule has 1 aromatic carbocycles. The maximum absolute atomic E-state index is 6.90. The minimum atomic E-state index is 0. The van der Waals surface area contributed by atoms with Crippen LogP contribution in [0, 0.1) is 12.3 Å². The summed E-state index contributed by atoms with van der Waals surface area (Å²) in [5.74, 6) is 2.36. The van der Waals surface area contributed by atoms with Gasteiger partial charge in [0.2, 0.25) is 0 Å². The Morgan fingerprint density at radius 1 is 1.23 bits per heavy atom. The van der Waals surface area contributed by atoms with Crippen LogP contribution in [0.15, 0.2) is 24.3 Å². The molecule has 0 atom stereocenters. The first-order valence-electron chi connectivity index (χ1n) is 4.38. The second-order valence-corrected chi connectivity index (χ2v) is 2.93. The summed E-state index contributed by atoms with van der Waals surface area (Å²) in [6.45, 7) is 2.19. The fourth-order valence-corrected chi connectivity index (χ4v) is 1.14.